The molecule has 0 N–H and O–H groups in total. The molecule has 0 spiro atoms. The highest BCUT2D eigenvalue weighted by atomic mass is 19.2. The summed E-state index contributed by atoms with van der Waals surface area (Å²) in [6, 6.07) is 2.61. The molecule has 0 saturated heterocycles. The van der Waals surface area contributed by atoms with E-state index in [0.29, 0.717) is 12.0 Å². The molecule has 0 aliphatic heterocycles. The molecule has 1 aliphatic rings. The van der Waals surface area contributed by atoms with Crippen molar-refractivity contribution in [1.82, 2.24) is 0 Å². The van der Waals surface area contributed by atoms with Crippen LogP contribution in [-0.4, -0.2) is 20.2 Å². The van der Waals surface area contributed by atoms with Crippen LogP contribution in [0.1, 0.15) is 43.6 Å². The number of carbonyl (C=O) groups excluding carboxylic acids is 1. The first-order valence-electron chi connectivity index (χ1n) is 7.19. The topological polar surface area (TPSA) is 35.5 Å². The molecule has 2 unspecified atom stereocenters. The molecular weight excluding hydrogens is 278 g/mol. The van der Waals surface area contributed by atoms with Gasteiger partial charge in [0.15, 0.2) is 11.6 Å². The van der Waals surface area contributed by atoms with Gasteiger partial charge in [-0.3, -0.25) is 4.79 Å². The molecule has 1 aromatic carbocycles. The number of esters is 1. The van der Waals surface area contributed by atoms with E-state index in [1.807, 2.05) is 0 Å². The predicted octanol–water partition coefficient (Wildman–Crippen LogP) is 3.81. The van der Waals surface area contributed by atoms with Gasteiger partial charge in [0, 0.05) is 11.5 Å². The van der Waals surface area contributed by atoms with Crippen molar-refractivity contribution in [3.63, 3.8) is 0 Å². The maximum atomic E-state index is 13.9. The highest BCUT2D eigenvalue weighted by molar-refractivity contribution is 5.74. The number of rotatable bonds is 3. The lowest BCUT2D eigenvalue weighted by Crippen LogP contribution is -2.23. The van der Waals surface area contributed by atoms with E-state index in [-0.39, 0.29) is 23.6 Å². The van der Waals surface area contributed by atoms with Gasteiger partial charge in [0.1, 0.15) is 0 Å². The monoisotopic (exact) mass is 298 g/mol. The smallest absolute Gasteiger partial charge is 0.309 e. The van der Waals surface area contributed by atoms with Gasteiger partial charge in [-0.05, 0) is 18.9 Å². The first-order valence-corrected chi connectivity index (χ1v) is 7.19. The van der Waals surface area contributed by atoms with Crippen molar-refractivity contribution >= 4 is 5.97 Å². The molecule has 3 nitrogen and oxygen atoms in total. The maximum Gasteiger partial charge on any atom is 0.309 e. The van der Waals surface area contributed by atoms with E-state index in [1.165, 1.54) is 20.3 Å². The fourth-order valence-electron chi connectivity index (χ4n) is 3.16. The van der Waals surface area contributed by atoms with Gasteiger partial charge in [0.25, 0.3) is 0 Å². The quantitative estimate of drug-likeness (QED) is 0.629. The second kappa shape index (κ2) is 6.87. The summed E-state index contributed by atoms with van der Waals surface area (Å²) in [6.45, 7) is 0. The highest BCUT2D eigenvalue weighted by Gasteiger charge is 2.34. The zero-order chi connectivity index (χ0) is 15.4. The molecule has 0 amide bonds. The maximum absolute atomic E-state index is 13.9. The van der Waals surface area contributed by atoms with E-state index in [1.54, 1.807) is 0 Å². The Labute approximate surface area is 123 Å². The van der Waals surface area contributed by atoms with Crippen molar-refractivity contribution in [2.45, 2.75) is 38.0 Å². The minimum atomic E-state index is -0.997. The Morgan fingerprint density at radius 1 is 1.14 bits per heavy atom. The third kappa shape index (κ3) is 3.17. The first kappa shape index (κ1) is 15.7. The fourth-order valence-corrected chi connectivity index (χ4v) is 3.16. The van der Waals surface area contributed by atoms with Gasteiger partial charge in [-0.1, -0.05) is 25.3 Å². The zero-order valence-electron chi connectivity index (χ0n) is 12.3. The van der Waals surface area contributed by atoms with Crippen LogP contribution >= 0.6 is 0 Å². The summed E-state index contributed by atoms with van der Waals surface area (Å²) in [7, 11) is 2.66. The lowest BCUT2D eigenvalue weighted by atomic mass is 9.82. The van der Waals surface area contributed by atoms with Gasteiger partial charge < -0.3 is 9.47 Å². The summed E-state index contributed by atoms with van der Waals surface area (Å²) >= 11 is 0. The standard InChI is InChI=1S/C16H20F2O3/c1-20-15-11(8-9-13(17)14(15)18)10-6-4-3-5-7-12(10)16(19)21-2/h8-10,12H,3-7H2,1-2H3. The van der Waals surface area contributed by atoms with Crippen molar-refractivity contribution in [2.24, 2.45) is 5.92 Å². The van der Waals surface area contributed by atoms with Crippen LogP contribution in [0.5, 0.6) is 5.75 Å². The van der Waals surface area contributed by atoms with Crippen LogP contribution in [0.2, 0.25) is 0 Å². The molecule has 2 atom stereocenters. The van der Waals surface area contributed by atoms with Gasteiger partial charge >= 0.3 is 5.97 Å². The number of hydrogen-bond acceptors (Lipinski definition) is 3. The Morgan fingerprint density at radius 3 is 2.52 bits per heavy atom. The second-order valence-corrected chi connectivity index (χ2v) is 5.36. The molecule has 0 aromatic heterocycles. The summed E-state index contributed by atoms with van der Waals surface area (Å²) in [4.78, 5) is 12.0. The van der Waals surface area contributed by atoms with Gasteiger partial charge in [-0.15, -0.1) is 0 Å². The molecule has 1 saturated carbocycles. The second-order valence-electron chi connectivity index (χ2n) is 5.36. The minimum Gasteiger partial charge on any atom is -0.493 e. The van der Waals surface area contributed by atoms with E-state index in [9.17, 15) is 13.6 Å². The number of carbonyl (C=O) groups is 1. The van der Waals surface area contributed by atoms with Gasteiger partial charge in [-0.2, -0.15) is 4.39 Å². The van der Waals surface area contributed by atoms with Crippen LogP contribution < -0.4 is 4.74 Å². The molecule has 1 fully saturated rings. The lowest BCUT2D eigenvalue weighted by Gasteiger charge is -2.25. The number of ether oxygens (including phenoxy) is 2. The molecule has 0 radical (unpaired) electrons. The van der Waals surface area contributed by atoms with E-state index in [0.717, 1.165) is 31.7 Å². The van der Waals surface area contributed by atoms with E-state index in [2.05, 4.69) is 0 Å². The predicted molar refractivity (Wildman–Crippen MR) is 74.2 cm³/mol. The van der Waals surface area contributed by atoms with Crippen molar-refractivity contribution in [1.29, 1.82) is 0 Å². The van der Waals surface area contributed by atoms with Crippen molar-refractivity contribution in [2.75, 3.05) is 14.2 Å². The van der Waals surface area contributed by atoms with Crippen molar-refractivity contribution in [3.05, 3.63) is 29.3 Å². The van der Waals surface area contributed by atoms with E-state index in [4.69, 9.17) is 9.47 Å². The average Bonchev–Trinajstić information content (AvgIpc) is 2.74. The number of methoxy groups -OCH3 is 2. The lowest BCUT2D eigenvalue weighted by molar-refractivity contribution is -0.146. The fraction of sp³-hybridized carbons (Fsp3) is 0.562. The Balaban J connectivity index is 2.45. The number of hydrogen-bond donors (Lipinski definition) is 0. The van der Waals surface area contributed by atoms with Crippen LogP contribution in [0.4, 0.5) is 8.78 Å². The molecule has 1 aromatic rings. The highest BCUT2D eigenvalue weighted by Crippen LogP contribution is 2.42. The molecule has 116 valence electrons. The molecule has 5 heteroatoms. The number of benzene rings is 1. The SMILES string of the molecule is COC(=O)C1CCCCCC1c1ccc(F)c(F)c1OC. The van der Waals surface area contributed by atoms with Gasteiger partial charge in [-0.25, -0.2) is 4.39 Å². The third-order valence-electron chi connectivity index (χ3n) is 4.20. The summed E-state index contributed by atoms with van der Waals surface area (Å²) < 4.78 is 37.2. The van der Waals surface area contributed by atoms with Gasteiger partial charge in [0.05, 0.1) is 20.1 Å². The van der Waals surface area contributed by atoms with Crippen molar-refractivity contribution < 1.29 is 23.0 Å². The van der Waals surface area contributed by atoms with Crippen LogP contribution in [-0.2, 0) is 9.53 Å². The Morgan fingerprint density at radius 2 is 1.86 bits per heavy atom. The summed E-state index contributed by atoms with van der Waals surface area (Å²) in [5, 5.41) is 0. The normalized spacial score (nSPS) is 22.5. The first-order chi connectivity index (χ1) is 10.1. The molecule has 2 rings (SSSR count). The summed E-state index contributed by atoms with van der Waals surface area (Å²) in [5.74, 6) is -2.88. The van der Waals surface area contributed by atoms with Crippen molar-refractivity contribution in [3.8, 4) is 5.75 Å². The number of halogens is 2. The van der Waals surface area contributed by atoms with E-state index >= 15 is 0 Å². The van der Waals surface area contributed by atoms with Crippen LogP contribution in [0.25, 0.3) is 0 Å². The van der Waals surface area contributed by atoms with Crippen LogP contribution in [0.15, 0.2) is 12.1 Å². The van der Waals surface area contributed by atoms with Gasteiger partial charge in [0.2, 0.25) is 5.82 Å². The van der Waals surface area contributed by atoms with Crippen LogP contribution in [0.3, 0.4) is 0 Å². The largest absolute Gasteiger partial charge is 0.493 e. The zero-order valence-corrected chi connectivity index (χ0v) is 12.3. The minimum absolute atomic E-state index is 0.101. The Kier molecular flexibility index (Phi) is 5.15. The molecular formula is C16H20F2O3. The molecule has 0 bridgehead atoms. The molecule has 21 heavy (non-hydrogen) atoms. The Bertz CT molecular complexity index is 516. The average molecular weight is 298 g/mol. The summed E-state index contributed by atoms with van der Waals surface area (Å²) in [6.07, 6.45) is 4.33. The Hall–Kier alpha value is -1.65. The van der Waals surface area contributed by atoms with Crippen LogP contribution in [0, 0.1) is 17.6 Å². The molecule has 0 heterocycles. The van der Waals surface area contributed by atoms with E-state index < -0.39 is 11.6 Å². The summed E-state index contributed by atoms with van der Waals surface area (Å²) in [5.41, 5.74) is 0.550. The molecule has 1 aliphatic carbocycles. The third-order valence-corrected chi connectivity index (χ3v) is 4.20.